The number of amides is 1. The molecule has 23 heavy (non-hydrogen) atoms. The second kappa shape index (κ2) is 6.58. The minimum atomic E-state index is -0.987. The first-order chi connectivity index (χ1) is 11.1. The molecule has 2 fully saturated rings. The predicted molar refractivity (Wildman–Crippen MR) is 82.7 cm³/mol. The van der Waals surface area contributed by atoms with Crippen LogP contribution in [0.4, 0.5) is 0 Å². The number of carboxylic acid groups (broad SMARTS) is 1. The van der Waals surface area contributed by atoms with Crippen molar-refractivity contribution in [2.24, 2.45) is 5.92 Å². The molecule has 0 aliphatic carbocycles. The Morgan fingerprint density at radius 1 is 1.39 bits per heavy atom. The van der Waals surface area contributed by atoms with Crippen molar-refractivity contribution in [2.45, 2.75) is 37.9 Å². The fourth-order valence-electron chi connectivity index (χ4n) is 3.45. The van der Waals surface area contributed by atoms with E-state index in [0.29, 0.717) is 18.7 Å². The molecule has 2 aliphatic heterocycles. The first-order valence-corrected chi connectivity index (χ1v) is 7.92. The highest BCUT2D eigenvalue weighted by Crippen LogP contribution is 2.38. The van der Waals surface area contributed by atoms with Crippen molar-refractivity contribution >= 4 is 11.9 Å². The van der Waals surface area contributed by atoms with Crippen LogP contribution in [0.3, 0.4) is 0 Å². The second-order valence-corrected chi connectivity index (χ2v) is 6.09. The largest absolute Gasteiger partial charge is 0.496 e. The van der Waals surface area contributed by atoms with Crippen molar-refractivity contribution in [1.29, 1.82) is 0 Å². The number of methoxy groups -OCH3 is 1. The molecule has 0 saturated carbocycles. The van der Waals surface area contributed by atoms with Gasteiger partial charge in [-0.25, -0.2) is 4.79 Å². The van der Waals surface area contributed by atoms with E-state index in [1.807, 2.05) is 0 Å². The van der Waals surface area contributed by atoms with Crippen LogP contribution in [0, 0.1) is 5.92 Å². The van der Waals surface area contributed by atoms with Gasteiger partial charge in [0.15, 0.2) is 0 Å². The fourth-order valence-corrected chi connectivity index (χ4v) is 3.45. The van der Waals surface area contributed by atoms with Crippen LogP contribution < -0.4 is 10.1 Å². The highest BCUT2D eigenvalue weighted by atomic mass is 16.5. The Hall–Kier alpha value is -2.08. The Bertz CT molecular complexity index is 615. The lowest BCUT2D eigenvalue weighted by Gasteiger charge is -2.18. The number of aromatic carboxylic acids is 1. The first kappa shape index (κ1) is 15.8. The Balaban J connectivity index is 1.54. The molecule has 6 nitrogen and oxygen atoms in total. The molecule has 2 heterocycles. The number of rotatable bonds is 6. The first-order valence-electron chi connectivity index (χ1n) is 7.92. The number of nitrogens with one attached hydrogen (secondary N) is 1. The van der Waals surface area contributed by atoms with Crippen LogP contribution in [0.15, 0.2) is 18.2 Å². The van der Waals surface area contributed by atoms with Gasteiger partial charge in [0.05, 0.1) is 30.8 Å². The summed E-state index contributed by atoms with van der Waals surface area (Å²) >= 11 is 0. The zero-order valence-electron chi connectivity index (χ0n) is 13.1. The molecular formula is C17H21NO5. The SMILES string of the molecule is COc1cc(C(=O)O)ccc1CCNC(=O)C1CC2CCC1O2. The van der Waals surface area contributed by atoms with E-state index < -0.39 is 5.97 Å². The number of hydrogen-bond donors (Lipinski definition) is 2. The van der Waals surface area contributed by atoms with Crippen molar-refractivity contribution in [3.8, 4) is 5.75 Å². The molecule has 3 unspecified atom stereocenters. The van der Waals surface area contributed by atoms with Gasteiger partial charge in [-0.05, 0) is 43.4 Å². The lowest BCUT2D eigenvalue weighted by Crippen LogP contribution is -2.37. The molecule has 0 aromatic heterocycles. The number of carbonyl (C=O) groups is 2. The minimum Gasteiger partial charge on any atom is -0.496 e. The molecule has 3 rings (SSSR count). The van der Waals surface area contributed by atoms with E-state index in [-0.39, 0.29) is 29.6 Å². The Labute approximate surface area is 134 Å². The van der Waals surface area contributed by atoms with Gasteiger partial charge in [-0.15, -0.1) is 0 Å². The van der Waals surface area contributed by atoms with E-state index in [9.17, 15) is 9.59 Å². The smallest absolute Gasteiger partial charge is 0.335 e. The summed E-state index contributed by atoms with van der Waals surface area (Å²) in [5.41, 5.74) is 1.07. The summed E-state index contributed by atoms with van der Waals surface area (Å²) in [6, 6.07) is 4.78. The molecule has 2 N–H and O–H groups in total. The van der Waals surface area contributed by atoms with E-state index in [1.165, 1.54) is 13.2 Å². The maximum Gasteiger partial charge on any atom is 0.335 e. The summed E-state index contributed by atoms with van der Waals surface area (Å²) in [4.78, 5) is 23.2. The minimum absolute atomic E-state index is 0.0231. The van der Waals surface area contributed by atoms with Crippen molar-refractivity contribution in [2.75, 3.05) is 13.7 Å². The third kappa shape index (κ3) is 3.32. The van der Waals surface area contributed by atoms with E-state index in [0.717, 1.165) is 24.8 Å². The molecule has 1 aromatic carbocycles. The monoisotopic (exact) mass is 319 g/mol. The maximum atomic E-state index is 12.2. The van der Waals surface area contributed by atoms with Gasteiger partial charge >= 0.3 is 5.97 Å². The van der Waals surface area contributed by atoms with Gasteiger partial charge in [0.25, 0.3) is 0 Å². The summed E-state index contributed by atoms with van der Waals surface area (Å²) in [7, 11) is 1.51. The molecule has 6 heteroatoms. The van der Waals surface area contributed by atoms with E-state index in [1.54, 1.807) is 12.1 Å². The lowest BCUT2D eigenvalue weighted by molar-refractivity contribution is -0.126. The van der Waals surface area contributed by atoms with Crippen LogP contribution >= 0.6 is 0 Å². The quantitative estimate of drug-likeness (QED) is 0.832. The second-order valence-electron chi connectivity index (χ2n) is 6.09. The van der Waals surface area contributed by atoms with Crippen molar-refractivity contribution in [1.82, 2.24) is 5.32 Å². The van der Waals surface area contributed by atoms with Gasteiger partial charge < -0.3 is 19.9 Å². The highest BCUT2D eigenvalue weighted by Gasteiger charge is 2.44. The van der Waals surface area contributed by atoms with Gasteiger partial charge in [0, 0.05) is 6.54 Å². The highest BCUT2D eigenvalue weighted by molar-refractivity contribution is 5.88. The van der Waals surface area contributed by atoms with Gasteiger partial charge in [-0.2, -0.15) is 0 Å². The molecule has 2 bridgehead atoms. The maximum absolute atomic E-state index is 12.2. The van der Waals surface area contributed by atoms with Crippen LogP contribution in [0.5, 0.6) is 5.75 Å². The summed E-state index contributed by atoms with van der Waals surface area (Å²) in [6.45, 7) is 0.496. The molecule has 0 radical (unpaired) electrons. The molecular weight excluding hydrogens is 298 g/mol. The molecule has 1 amide bonds. The van der Waals surface area contributed by atoms with Crippen LogP contribution in [-0.2, 0) is 16.0 Å². The number of ether oxygens (including phenoxy) is 2. The third-order valence-corrected chi connectivity index (χ3v) is 4.67. The van der Waals surface area contributed by atoms with Gasteiger partial charge in [0.1, 0.15) is 5.75 Å². The van der Waals surface area contributed by atoms with Gasteiger partial charge in [-0.3, -0.25) is 4.79 Å². The van der Waals surface area contributed by atoms with Crippen LogP contribution in [-0.4, -0.2) is 42.8 Å². The fraction of sp³-hybridized carbons (Fsp3) is 0.529. The number of hydrogen-bond acceptors (Lipinski definition) is 4. The van der Waals surface area contributed by atoms with Crippen molar-refractivity contribution in [3.63, 3.8) is 0 Å². The number of benzene rings is 1. The number of fused-ring (bicyclic) bond motifs is 2. The lowest BCUT2D eigenvalue weighted by atomic mass is 9.88. The van der Waals surface area contributed by atoms with E-state index >= 15 is 0 Å². The Morgan fingerprint density at radius 3 is 2.83 bits per heavy atom. The Kier molecular flexibility index (Phi) is 4.52. The molecule has 2 aliphatic rings. The molecule has 0 spiro atoms. The zero-order valence-corrected chi connectivity index (χ0v) is 13.1. The van der Waals surface area contributed by atoms with Gasteiger partial charge in [0.2, 0.25) is 5.91 Å². The predicted octanol–water partition coefficient (Wildman–Crippen LogP) is 1.62. The molecule has 1 aromatic rings. The Morgan fingerprint density at radius 2 is 2.22 bits per heavy atom. The average Bonchev–Trinajstić information content (AvgIpc) is 3.17. The molecule has 2 saturated heterocycles. The molecule has 3 atom stereocenters. The normalized spacial score (nSPS) is 25.3. The van der Waals surface area contributed by atoms with E-state index in [2.05, 4.69) is 5.32 Å². The van der Waals surface area contributed by atoms with Gasteiger partial charge in [-0.1, -0.05) is 6.07 Å². The van der Waals surface area contributed by atoms with E-state index in [4.69, 9.17) is 14.6 Å². The van der Waals surface area contributed by atoms with Crippen LogP contribution in [0.25, 0.3) is 0 Å². The average molecular weight is 319 g/mol. The standard InChI is InChI=1S/C17H21NO5/c1-22-15-8-11(17(20)21)3-2-10(15)6-7-18-16(19)13-9-12-4-5-14(13)23-12/h2-3,8,12-14H,4-7,9H2,1H3,(H,18,19)(H,20,21). The topological polar surface area (TPSA) is 84.9 Å². The summed E-state index contributed by atoms with van der Waals surface area (Å²) in [6.07, 6.45) is 3.82. The summed E-state index contributed by atoms with van der Waals surface area (Å²) < 4.78 is 10.9. The van der Waals surface area contributed by atoms with Crippen LogP contribution in [0.1, 0.15) is 35.2 Å². The van der Waals surface area contributed by atoms with Crippen molar-refractivity contribution in [3.05, 3.63) is 29.3 Å². The zero-order chi connectivity index (χ0) is 16.4. The molecule has 124 valence electrons. The van der Waals surface area contributed by atoms with Crippen molar-refractivity contribution < 1.29 is 24.2 Å². The summed E-state index contributed by atoms with van der Waals surface area (Å²) in [5, 5.41) is 11.9. The summed E-state index contributed by atoms with van der Waals surface area (Å²) in [5.74, 6) is -0.426. The number of carbonyl (C=O) groups excluding carboxylic acids is 1. The number of carboxylic acids is 1. The van der Waals surface area contributed by atoms with Crippen LogP contribution in [0.2, 0.25) is 0 Å². The third-order valence-electron chi connectivity index (χ3n) is 4.67.